The second-order valence-electron chi connectivity index (χ2n) is 5.54. The SMILES string of the molecule is O=C(c1ccc(F)c(F)c1F)N1CCCC(Oc2ccncc2)C1. The molecule has 3 rings (SSSR count). The lowest BCUT2D eigenvalue weighted by Crippen LogP contribution is -2.44. The molecule has 0 aliphatic carbocycles. The van der Waals surface area contributed by atoms with Crippen LogP contribution in [0.4, 0.5) is 13.2 Å². The van der Waals surface area contributed by atoms with Crippen molar-refractivity contribution in [3.05, 3.63) is 59.7 Å². The number of rotatable bonds is 3. The molecule has 4 nitrogen and oxygen atoms in total. The molecule has 24 heavy (non-hydrogen) atoms. The van der Waals surface area contributed by atoms with Crippen molar-refractivity contribution in [1.29, 1.82) is 0 Å². The van der Waals surface area contributed by atoms with Crippen LogP contribution < -0.4 is 4.74 Å². The second kappa shape index (κ2) is 6.90. The molecule has 1 amide bonds. The van der Waals surface area contributed by atoms with Gasteiger partial charge in [0.15, 0.2) is 17.5 Å². The van der Waals surface area contributed by atoms with Crippen molar-refractivity contribution >= 4 is 5.91 Å². The maximum Gasteiger partial charge on any atom is 0.257 e. The third kappa shape index (κ3) is 3.34. The van der Waals surface area contributed by atoms with Crippen molar-refractivity contribution in [3.63, 3.8) is 0 Å². The summed E-state index contributed by atoms with van der Waals surface area (Å²) in [4.78, 5) is 17.7. The number of ether oxygens (including phenoxy) is 1. The van der Waals surface area contributed by atoms with Gasteiger partial charge in [-0.1, -0.05) is 0 Å². The molecule has 0 N–H and O–H groups in total. The van der Waals surface area contributed by atoms with Gasteiger partial charge in [-0.05, 0) is 37.1 Å². The summed E-state index contributed by atoms with van der Waals surface area (Å²) in [5.74, 6) is -4.46. The van der Waals surface area contributed by atoms with Crippen molar-refractivity contribution in [3.8, 4) is 5.75 Å². The number of carbonyl (C=O) groups is 1. The third-order valence-corrected chi connectivity index (χ3v) is 3.88. The number of hydrogen-bond donors (Lipinski definition) is 0. The number of aromatic nitrogens is 1. The predicted octanol–water partition coefficient (Wildman–Crippen LogP) is 3.18. The van der Waals surface area contributed by atoms with Gasteiger partial charge in [0.25, 0.3) is 5.91 Å². The molecule has 1 atom stereocenters. The molecule has 1 aromatic carbocycles. The Labute approximate surface area is 136 Å². The fourth-order valence-electron chi connectivity index (χ4n) is 2.69. The van der Waals surface area contributed by atoms with Crippen LogP contribution in [0.2, 0.25) is 0 Å². The molecule has 1 aliphatic rings. The first-order valence-corrected chi connectivity index (χ1v) is 7.55. The van der Waals surface area contributed by atoms with Crippen LogP contribution in [0.15, 0.2) is 36.7 Å². The Morgan fingerprint density at radius 2 is 1.88 bits per heavy atom. The van der Waals surface area contributed by atoms with Gasteiger partial charge in [0, 0.05) is 18.9 Å². The van der Waals surface area contributed by atoms with Crippen LogP contribution in [0.5, 0.6) is 5.75 Å². The molecule has 0 saturated carbocycles. The van der Waals surface area contributed by atoms with E-state index in [0.717, 1.165) is 18.6 Å². The summed E-state index contributed by atoms with van der Waals surface area (Å²) in [6.45, 7) is 0.660. The van der Waals surface area contributed by atoms with Gasteiger partial charge >= 0.3 is 0 Å². The maximum absolute atomic E-state index is 13.8. The number of benzene rings is 1. The average molecular weight is 336 g/mol. The van der Waals surface area contributed by atoms with Crippen LogP contribution in [-0.4, -0.2) is 35.0 Å². The minimum absolute atomic E-state index is 0.250. The highest BCUT2D eigenvalue weighted by Crippen LogP contribution is 2.21. The Morgan fingerprint density at radius 1 is 1.12 bits per heavy atom. The normalized spacial score (nSPS) is 17.6. The lowest BCUT2D eigenvalue weighted by atomic mass is 10.1. The van der Waals surface area contributed by atoms with Gasteiger partial charge in [-0.25, -0.2) is 13.2 Å². The molecule has 0 radical (unpaired) electrons. The van der Waals surface area contributed by atoms with Gasteiger partial charge < -0.3 is 9.64 Å². The van der Waals surface area contributed by atoms with E-state index in [4.69, 9.17) is 4.74 Å². The van der Waals surface area contributed by atoms with Crippen molar-refractivity contribution in [1.82, 2.24) is 9.88 Å². The Morgan fingerprint density at radius 3 is 2.62 bits per heavy atom. The van der Waals surface area contributed by atoms with Crippen molar-refractivity contribution in [2.45, 2.75) is 18.9 Å². The number of carbonyl (C=O) groups excluding carboxylic acids is 1. The number of halogens is 3. The van der Waals surface area contributed by atoms with Crippen molar-refractivity contribution in [2.75, 3.05) is 13.1 Å². The van der Waals surface area contributed by atoms with Gasteiger partial charge in [0.2, 0.25) is 0 Å². The largest absolute Gasteiger partial charge is 0.488 e. The number of piperidine rings is 1. The number of hydrogen-bond acceptors (Lipinski definition) is 3. The van der Waals surface area contributed by atoms with E-state index in [1.54, 1.807) is 24.5 Å². The zero-order valence-corrected chi connectivity index (χ0v) is 12.7. The van der Waals surface area contributed by atoms with E-state index < -0.39 is 28.9 Å². The lowest BCUT2D eigenvalue weighted by Gasteiger charge is -2.33. The Bertz CT molecular complexity index is 740. The van der Waals surface area contributed by atoms with E-state index in [-0.39, 0.29) is 12.6 Å². The van der Waals surface area contributed by atoms with Gasteiger partial charge in [0.05, 0.1) is 12.1 Å². The quantitative estimate of drug-likeness (QED) is 0.809. The second-order valence-corrected chi connectivity index (χ2v) is 5.54. The van der Waals surface area contributed by atoms with Crippen LogP contribution in [0.3, 0.4) is 0 Å². The monoisotopic (exact) mass is 336 g/mol. The molecule has 0 bridgehead atoms. The van der Waals surface area contributed by atoms with Crippen LogP contribution in [0.25, 0.3) is 0 Å². The molecule has 1 aliphatic heterocycles. The van der Waals surface area contributed by atoms with Crippen molar-refractivity contribution in [2.24, 2.45) is 0 Å². The maximum atomic E-state index is 13.8. The summed E-state index contributed by atoms with van der Waals surface area (Å²) in [5, 5.41) is 0. The first kappa shape index (κ1) is 16.3. The molecule has 1 aromatic heterocycles. The summed E-state index contributed by atoms with van der Waals surface area (Å²) in [6.07, 6.45) is 4.35. The van der Waals surface area contributed by atoms with Gasteiger partial charge in [-0.15, -0.1) is 0 Å². The number of pyridine rings is 1. The lowest BCUT2D eigenvalue weighted by molar-refractivity contribution is 0.0532. The molecule has 7 heteroatoms. The van der Waals surface area contributed by atoms with E-state index in [0.29, 0.717) is 18.7 Å². The molecule has 1 fully saturated rings. The molecular weight excluding hydrogens is 321 g/mol. The Hall–Kier alpha value is -2.57. The van der Waals surface area contributed by atoms with Crippen LogP contribution in [0.1, 0.15) is 23.2 Å². The molecule has 126 valence electrons. The number of likely N-dealkylation sites (tertiary alicyclic amines) is 1. The van der Waals surface area contributed by atoms with E-state index in [1.165, 1.54) is 4.90 Å². The third-order valence-electron chi connectivity index (χ3n) is 3.88. The standard InChI is InChI=1S/C17H15F3N2O2/c18-14-4-3-13(15(19)16(14)20)17(23)22-9-1-2-12(10-22)24-11-5-7-21-8-6-11/h3-8,12H,1-2,9-10H2. The Kier molecular flexibility index (Phi) is 4.69. The minimum Gasteiger partial charge on any atom is -0.488 e. The van der Waals surface area contributed by atoms with Gasteiger partial charge in [0.1, 0.15) is 11.9 Å². The van der Waals surface area contributed by atoms with Crippen LogP contribution >= 0.6 is 0 Å². The molecule has 1 unspecified atom stereocenters. The summed E-state index contributed by atoms with van der Waals surface area (Å²) in [5.41, 5.74) is -0.474. The average Bonchev–Trinajstić information content (AvgIpc) is 2.60. The first-order chi connectivity index (χ1) is 11.6. The first-order valence-electron chi connectivity index (χ1n) is 7.55. The fraction of sp³-hybridized carbons (Fsp3) is 0.294. The minimum atomic E-state index is -1.64. The summed E-state index contributed by atoms with van der Waals surface area (Å²) < 4.78 is 45.9. The molecule has 1 saturated heterocycles. The zero-order valence-electron chi connectivity index (χ0n) is 12.7. The summed E-state index contributed by atoms with van der Waals surface area (Å²) >= 11 is 0. The molecule has 2 heterocycles. The van der Waals surface area contributed by atoms with E-state index in [1.807, 2.05) is 0 Å². The highest BCUT2D eigenvalue weighted by atomic mass is 19.2. The van der Waals surface area contributed by atoms with Crippen molar-refractivity contribution < 1.29 is 22.7 Å². The molecule has 0 spiro atoms. The molecular formula is C17H15F3N2O2. The van der Waals surface area contributed by atoms with Crippen LogP contribution in [0, 0.1) is 17.5 Å². The number of amides is 1. The smallest absolute Gasteiger partial charge is 0.257 e. The van der Waals surface area contributed by atoms with Gasteiger partial charge in [-0.3, -0.25) is 9.78 Å². The van der Waals surface area contributed by atoms with E-state index >= 15 is 0 Å². The highest BCUT2D eigenvalue weighted by Gasteiger charge is 2.28. The fourth-order valence-corrected chi connectivity index (χ4v) is 2.69. The number of nitrogens with zero attached hydrogens (tertiary/aromatic N) is 2. The molecule has 2 aromatic rings. The summed E-state index contributed by atoms with van der Waals surface area (Å²) in [6, 6.07) is 5.12. The van der Waals surface area contributed by atoms with Crippen LogP contribution in [-0.2, 0) is 0 Å². The predicted molar refractivity (Wildman–Crippen MR) is 80.1 cm³/mol. The summed E-state index contributed by atoms with van der Waals surface area (Å²) in [7, 11) is 0. The highest BCUT2D eigenvalue weighted by molar-refractivity contribution is 5.94. The zero-order chi connectivity index (χ0) is 17.1. The van der Waals surface area contributed by atoms with Gasteiger partial charge in [-0.2, -0.15) is 0 Å². The van der Waals surface area contributed by atoms with E-state index in [2.05, 4.69) is 4.98 Å². The van der Waals surface area contributed by atoms with E-state index in [9.17, 15) is 18.0 Å². The topological polar surface area (TPSA) is 42.4 Å². The Balaban J connectivity index is 1.72.